The van der Waals surface area contributed by atoms with Crippen LogP contribution in [0.25, 0.3) is 0 Å². The van der Waals surface area contributed by atoms with E-state index in [0.29, 0.717) is 18.1 Å². The van der Waals surface area contributed by atoms with E-state index in [0.717, 1.165) is 25.9 Å². The van der Waals surface area contributed by atoms with Crippen molar-refractivity contribution in [2.75, 3.05) is 31.2 Å². The van der Waals surface area contributed by atoms with Crippen LogP contribution in [0.3, 0.4) is 0 Å². The molecular formula is C14H20N2O4. The van der Waals surface area contributed by atoms with Gasteiger partial charge in [-0.1, -0.05) is 0 Å². The van der Waals surface area contributed by atoms with E-state index in [4.69, 9.17) is 14.9 Å². The van der Waals surface area contributed by atoms with Crippen molar-refractivity contribution in [2.24, 2.45) is 0 Å². The lowest BCUT2D eigenvalue weighted by Gasteiger charge is -2.32. The first-order valence-corrected chi connectivity index (χ1v) is 6.79. The van der Waals surface area contributed by atoms with Crippen molar-refractivity contribution in [3.8, 4) is 0 Å². The molecule has 0 spiro atoms. The number of nitrogens with zero attached hydrogens (tertiary/aromatic N) is 2. The Morgan fingerprint density at radius 3 is 2.75 bits per heavy atom. The summed E-state index contributed by atoms with van der Waals surface area (Å²) in [5, 5.41) is 17.8. The van der Waals surface area contributed by atoms with Crippen molar-refractivity contribution in [3.05, 3.63) is 23.4 Å². The van der Waals surface area contributed by atoms with E-state index in [1.165, 1.54) is 0 Å². The van der Waals surface area contributed by atoms with Crippen LogP contribution >= 0.6 is 0 Å². The van der Waals surface area contributed by atoms with E-state index in [1.54, 1.807) is 19.1 Å². The topological polar surface area (TPSA) is 82.9 Å². The van der Waals surface area contributed by atoms with Gasteiger partial charge in [-0.05, 0) is 31.9 Å². The van der Waals surface area contributed by atoms with Gasteiger partial charge in [0, 0.05) is 18.8 Å². The average Bonchev–Trinajstić information content (AvgIpc) is 2.45. The molecule has 1 aromatic rings. The molecule has 1 aliphatic heterocycles. The molecule has 2 rings (SSSR count). The van der Waals surface area contributed by atoms with Crippen molar-refractivity contribution in [2.45, 2.75) is 25.9 Å². The summed E-state index contributed by atoms with van der Waals surface area (Å²) in [4.78, 5) is 17.6. The number of carboxylic acid groups (broad SMARTS) is 1. The smallest absolute Gasteiger partial charge is 0.335 e. The summed E-state index contributed by atoms with van der Waals surface area (Å²) in [6.07, 6.45) is 1.89. The normalized spacial score (nSPS) is 16.4. The maximum absolute atomic E-state index is 11.1. The van der Waals surface area contributed by atoms with Gasteiger partial charge >= 0.3 is 5.97 Å². The third kappa shape index (κ3) is 3.68. The van der Waals surface area contributed by atoms with Gasteiger partial charge in [-0.25, -0.2) is 9.78 Å². The van der Waals surface area contributed by atoms with Crippen LogP contribution in [0, 0.1) is 6.92 Å². The van der Waals surface area contributed by atoms with Gasteiger partial charge in [0.2, 0.25) is 0 Å². The second-order valence-electron chi connectivity index (χ2n) is 4.94. The Kier molecular flexibility index (Phi) is 4.92. The first-order chi connectivity index (χ1) is 9.60. The molecule has 0 atom stereocenters. The summed E-state index contributed by atoms with van der Waals surface area (Å²) in [7, 11) is 0. The zero-order valence-corrected chi connectivity index (χ0v) is 11.6. The highest BCUT2D eigenvalue weighted by molar-refractivity contribution is 5.88. The predicted octanol–water partition coefficient (Wildman–Crippen LogP) is 1.07. The molecule has 110 valence electrons. The maximum atomic E-state index is 11.1. The van der Waals surface area contributed by atoms with Gasteiger partial charge in [0.15, 0.2) is 0 Å². The molecule has 0 unspecified atom stereocenters. The number of carboxylic acids is 1. The largest absolute Gasteiger partial charge is 0.478 e. The summed E-state index contributed by atoms with van der Waals surface area (Å²) in [6.45, 7) is 3.78. The third-order valence-corrected chi connectivity index (χ3v) is 3.40. The summed E-state index contributed by atoms with van der Waals surface area (Å²) in [5.74, 6) is -0.221. The molecule has 6 heteroatoms. The molecule has 0 saturated carbocycles. The Balaban J connectivity index is 2.01. The highest BCUT2D eigenvalue weighted by Gasteiger charge is 2.21. The molecule has 1 saturated heterocycles. The van der Waals surface area contributed by atoms with Crippen molar-refractivity contribution in [1.29, 1.82) is 0 Å². The lowest BCUT2D eigenvalue weighted by atomic mass is 10.1. The zero-order valence-electron chi connectivity index (χ0n) is 11.6. The molecule has 1 aromatic heterocycles. The van der Waals surface area contributed by atoms with Crippen molar-refractivity contribution in [1.82, 2.24) is 4.98 Å². The Labute approximate surface area is 118 Å². The number of aliphatic hydroxyl groups excluding tert-OH is 1. The zero-order chi connectivity index (χ0) is 14.5. The number of rotatable bonds is 5. The lowest BCUT2D eigenvalue weighted by Crippen LogP contribution is -2.38. The number of aliphatic hydroxyl groups is 1. The summed E-state index contributed by atoms with van der Waals surface area (Å²) in [6, 6.07) is 3.19. The van der Waals surface area contributed by atoms with Crippen LogP contribution < -0.4 is 4.90 Å². The van der Waals surface area contributed by atoms with E-state index in [2.05, 4.69) is 9.88 Å². The van der Waals surface area contributed by atoms with Gasteiger partial charge in [-0.2, -0.15) is 0 Å². The summed E-state index contributed by atoms with van der Waals surface area (Å²) >= 11 is 0. The van der Waals surface area contributed by atoms with Crippen LogP contribution in [0.1, 0.15) is 28.9 Å². The van der Waals surface area contributed by atoms with E-state index in [-0.39, 0.29) is 18.3 Å². The number of aryl methyl sites for hydroxylation is 1. The predicted molar refractivity (Wildman–Crippen MR) is 74.2 cm³/mol. The Hall–Kier alpha value is -1.66. The van der Waals surface area contributed by atoms with Crippen LogP contribution in [-0.2, 0) is 4.74 Å². The van der Waals surface area contributed by atoms with Crippen molar-refractivity contribution in [3.63, 3.8) is 0 Å². The van der Waals surface area contributed by atoms with Crippen molar-refractivity contribution < 1.29 is 19.7 Å². The highest BCUT2D eigenvalue weighted by atomic mass is 16.5. The summed E-state index contributed by atoms with van der Waals surface area (Å²) in [5.41, 5.74) is 0.977. The first-order valence-electron chi connectivity index (χ1n) is 6.79. The average molecular weight is 280 g/mol. The molecular weight excluding hydrogens is 260 g/mol. The monoisotopic (exact) mass is 280 g/mol. The Morgan fingerprint density at radius 2 is 2.15 bits per heavy atom. The third-order valence-electron chi connectivity index (χ3n) is 3.40. The standard InChI is InChI=1S/C14H20N2O4/c1-10-8-11(14(18)19)9-13(15-10)16-4-2-12(3-5-16)20-7-6-17/h8-9,12,17H,2-7H2,1H3,(H,18,19). The molecule has 0 amide bonds. The van der Waals surface area contributed by atoms with Crippen LogP contribution in [0.5, 0.6) is 0 Å². The molecule has 0 aromatic carbocycles. The second-order valence-corrected chi connectivity index (χ2v) is 4.94. The minimum atomic E-state index is -0.932. The number of pyridine rings is 1. The molecule has 6 nitrogen and oxygen atoms in total. The number of aromatic nitrogens is 1. The highest BCUT2D eigenvalue weighted by Crippen LogP contribution is 2.21. The number of hydrogen-bond acceptors (Lipinski definition) is 5. The van der Waals surface area contributed by atoms with Gasteiger partial charge in [-0.3, -0.25) is 0 Å². The number of piperidine rings is 1. The van der Waals surface area contributed by atoms with E-state index in [1.807, 2.05) is 0 Å². The molecule has 2 heterocycles. The van der Waals surface area contributed by atoms with E-state index < -0.39 is 5.97 Å². The van der Waals surface area contributed by atoms with Crippen molar-refractivity contribution >= 4 is 11.8 Å². The van der Waals surface area contributed by atoms with E-state index >= 15 is 0 Å². The van der Waals surface area contributed by atoms with E-state index in [9.17, 15) is 4.79 Å². The Bertz CT molecular complexity index is 470. The number of carbonyl (C=O) groups is 1. The van der Waals surface area contributed by atoms with Crippen LogP contribution in [0.2, 0.25) is 0 Å². The van der Waals surface area contributed by atoms with Gasteiger partial charge in [-0.15, -0.1) is 0 Å². The number of aromatic carboxylic acids is 1. The molecule has 2 N–H and O–H groups in total. The SMILES string of the molecule is Cc1cc(C(=O)O)cc(N2CCC(OCCO)CC2)n1. The minimum Gasteiger partial charge on any atom is -0.478 e. The minimum absolute atomic E-state index is 0.0433. The molecule has 0 bridgehead atoms. The van der Waals surface area contributed by atoms with Crippen LogP contribution in [0.4, 0.5) is 5.82 Å². The Morgan fingerprint density at radius 1 is 1.45 bits per heavy atom. The van der Waals surface area contributed by atoms with Crippen LogP contribution in [0.15, 0.2) is 12.1 Å². The maximum Gasteiger partial charge on any atom is 0.335 e. The number of hydrogen-bond donors (Lipinski definition) is 2. The fourth-order valence-corrected chi connectivity index (χ4v) is 2.41. The molecule has 20 heavy (non-hydrogen) atoms. The molecule has 0 radical (unpaired) electrons. The fraction of sp³-hybridized carbons (Fsp3) is 0.571. The molecule has 1 fully saturated rings. The van der Waals surface area contributed by atoms with Gasteiger partial charge < -0.3 is 19.8 Å². The number of ether oxygens (including phenoxy) is 1. The summed E-state index contributed by atoms with van der Waals surface area (Å²) < 4.78 is 5.51. The van der Waals surface area contributed by atoms with Gasteiger partial charge in [0.25, 0.3) is 0 Å². The van der Waals surface area contributed by atoms with Gasteiger partial charge in [0.1, 0.15) is 5.82 Å². The molecule has 0 aliphatic carbocycles. The molecule has 1 aliphatic rings. The number of anilines is 1. The lowest BCUT2D eigenvalue weighted by molar-refractivity contribution is 0.0158. The first kappa shape index (κ1) is 14.7. The van der Waals surface area contributed by atoms with Crippen LogP contribution in [-0.4, -0.2) is 53.6 Å². The van der Waals surface area contributed by atoms with Gasteiger partial charge in [0.05, 0.1) is 24.9 Å². The fourth-order valence-electron chi connectivity index (χ4n) is 2.41. The quantitative estimate of drug-likeness (QED) is 0.839. The second kappa shape index (κ2) is 6.67.